The van der Waals surface area contributed by atoms with Gasteiger partial charge in [0, 0.05) is 29.4 Å². The van der Waals surface area contributed by atoms with Crippen molar-refractivity contribution in [2.24, 2.45) is 5.92 Å². The van der Waals surface area contributed by atoms with Crippen molar-refractivity contribution in [2.45, 2.75) is 31.6 Å². The molecule has 1 saturated carbocycles. The van der Waals surface area contributed by atoms with Gasteiger partial charge < -0.3 is 4.74 Å². The lowest BCUT2D eigenvalue weighted by Gasteiger charge is -2.32. The number of carbonyl (C=O) groups excluding carboxylic acids is 1. The molecule has 2 aromatic carbocycles. The first-order valence-electron chi connectivity index (χ1n) is 8.39. The van der Waals surface area contributed by atoms with Gasteiger partial charge in [-0.2, -0.15) is 0 Å². The first-order chi connectivity index (χ1) is 11.3. The molecule has 0 N–H and O–H groups in total. The number of fused-ring (bicyclic) bond motifs is 1. The van der Waals surface area contributed by atoms with Crippen LogP contribution in [0, 0.1) is 5.92 Å². The summed E-state index contributed by atoms with van der Waals surface area (Å²) in [5.41, 5.74) is 2.21. The molecule has 0 saturated heterocycles. The highest BCUT2D eigenvalue weighted by Gasteiger charge is 2.34. The SMILES string of the molecule is O=C1CCCCC1C1C=C(c2ccccc2)Oc2ccccc21. The molecule has 116 valence electrons. The van der Waals surface area contributed by atoms with Crippen molar-refractivity contribution in [3.8, 4) is 5.75 Å². The largest absolute Gasteiger partial charge is 0.457 e. The molecule has 2 heteroatoms. The second-order valence-corrected chi connectivity index (χ2v) is 6.38. The minimum absolute atomic E-state index is 0.0903. The second kappa shape index (κ2) is 6.04. The lowest BCUT2D eigenvalue weighted by Crippen LogP contribution is -2.26. The molecule has 1 fully saturated rings. The van der Waals surface area contributed by atoms with Crippen molar-refractivity contribution >= 4 is 11.5 Å². The Morgan fingerprint density at radius 3 is 2.52 bits per heavy atom. The van der Waals surface area contributed by atoms with Crippen molar-refractivity contribution in [2.75, 3.05) is 0 Å². The monoisotopic (exact) mass is 304 g/mol. The summed E-state index contributed by atoms with van der Waals surface area (Å²) in [6, 6.07) is 18.3. The van der Waals surface area contributed by atoms with Gasteiger partial charge in [0.05, 0.1) is 0 Å². The number of allylic oxidation sites excluding steroid dienone is 1. The molecule has 0 spiro atoms. The summed E-state index contributed by atoms with van der Waals surface area (Å²) in [6.45, 7) is 0. The highest BCUT2D eigenvalue weighted by molar-refractivity contribution is 5.84. The van der Waals surface area contributed by atoms with Crippen molar-refractivity contribution in [1.82, 2.24) is 0 Å². The quantitative estimate of drug-likeness (QED) is 0.783. The zero-order valence-corrected chi connectivity index (χ0v) is 13.1. The number of rotatable bonds is 2. The molecule has 1 aliphatic heterocycles. The van der Waals surface area contributed by atoms with E-state index in [0.29, 0.717) is 5.78 Å². The Kier molecular flexibility index (Phi) is 3.74. The Balaban J connectivity index is 1.78. The maximum absolute atomic E-state index is 12.5. The molecule has 0 aromatic heterocycles. The first-order valence-corrected chi connectivity index (χ1v) is 8.39. The zero-order valence-electron chi connectivity index (χ0n) is 13.1. The molecule has 0 bridgehead atoms. The molecule has 1 aliphatic carbocycles. The van der Waals surface area contributed by atoms with E-state index in [4.69, 9.17) is 4.74 Å². The number of ether oxygens (including phenoxy) is 1. The van der Waals surface area contributed by atoms with Gasteiger partial charge in [-0.15, -0.1) is 0 Å². The number of hydrogen-bond donors (Lipinski definition) is 0. The summed E-state index contributed by atoms with van der Waals surface area (Å²) in [4.78, 5) is 12.5. The van der Waals surface area contributed by atoms with Crippen molar-refractivity contribution < 1.29 is 9.53 Å². The van der Waals surface area contributed by atoms with Gasteiger partial charge in [-0.3, -0.25) is 4.79 Å². The van der Waals surface area contributed by atoms with E-state index in [1.807, 2.05) is 36.4 Å². The molecule has 2 atom stereocenters. The van der Waals surface area contributed by atoms with Crippen LogP contribution in [0.1, 0.15) is 42.7 Å². The third kappa shape index (κ3) is 2.70. The summed E-state index contributed by atoms with van der Waals surface area (Å²) < 4.78 is 6.12. The topological polar surface area (TPSA) is 26.3 Å². The average molecular weight is 304 g/mol. The van der Waals surface area contributed by atoms with Crippen LogP contribution in [-0.2, 0) is 4.79 Å². The standard InChI is InChI=1S/C21H20O2/c22-19-12-6-4-10-16(19)18-14-21(15-8-2-1-3-9-15)23-20-13-7-5-11-17(18)20/h1-3,5,7-9,11,13-14,16,18H,4,6,10,12H2. The summed E-state index contributed by atoms with van der Waals surface area (Å²) in [7, 11) is 0. The summed E-state index contributed by atoms with van der Waals surface area (Å²) in [6.07, 6.45) is 6.04. The Bertz CT molecular complexity index is 745. The van der Waals surface area contributed by atoms with Crippen LogP contribution in [0.2, 0.25) is 0 Å². The third-order valence-corrected chi connectivity index (χ3v) is 4.92. The molecule has 4 rings (SSSR count). The Hall–Kier alpha value is -2.35. The van der Waals surface area contributed by atoms with Gasteiger partial charge in [0.25, 0.3) is 0 Å². The van der Waals surface area contributed by atoms with Crippen molar-refractivity contribution in [3.05, 3.63) is 71.8 Å². The minimum Gasteiger partial charge on any atom is -0.457 e. The van der Waals surface area contributed by atoms with Gasteiger partial charge in [0.1, 0.15) is 17.3 Å². The number of benzene rings is 2. The Morgan fingerprint density at radius 2 is 1.70 bits per heavy atom. The smallest absolute Gasteiger partial charge is 0.136 e. The van der Waals surface area contributed by atoms with Crippen LogP contribution in [0.25, 0.3) is 5.76 Å². The van der Waals surface area contributed by atoms with E-state index in [2.05, 4.69) is 24.3 Å². The molecule has 2 nitrogen and oxygen atoms in total. The van der Waals surface area contributed by atoms with E-state index >= 15 is 0 Å². The highest BCUT2D eigenvalue weighted by Crippen LogP contribution is 2.44. The molecule has 0 amide bonds. The second-order valence-electron chi connectivity index (χ2n) is 6.38. The normalized spacial score (nSPS) is 23.7. The van der Waals surface area contributed by atoms with Crippen molar-refractivity contribution in [1.29, 1.82) is 0 Å². The number of ketones is 1. The Labute approximate surface area is 136 Å². The summed E-state index contributed by atoms with van der Waals surface area (Å²) >= 11 is 0. The first kappa shape index (κ1) is 14.3. The maximum Gasteiger partial charge on any atom is 0.136 e. The summed E-state index contributed by atoms with van der Waals surface area (Å²) in [5.74, 6) is 2.38. The van der Waals surface area contributed by atoms with Gasteiger partial charge >= 0.3 is 0 Å². The fourth-order valence-corrected chi connectivity index (χ4v) is 3.73. The van der Waals surface area contributed by atoms with Gasteiger partial charge in [0.15, 0.2) is 0 Å². The third-order valence-electron chi connectivity index (χ3n) is 4.92. The molecule has 23 heavy (non-hydrogen) atoms. The summed E-state index contributed by atoms with van der Waals surface area (Å²) in [5, 5.41) is 0. The number of para-hydroxylation sites is 1. The molecule has 2 unspecified atom stereocenters. The molecular weight excluding hydrogens is 284 g/mol. The van der Waals surface area contributed by atoms with E-state index < -0.39 is 0 Å². The lowest BCUT2D eigenvalue weighted by atomic mass is 9.74. The zero-order chi connectivity index (χ0) is 15.6. The van der Waals surface area contributed by atoms with Crippen LogP contribution in [-0.4, -0.2) is 5.78 Å². The number of hydrogen-bond acceptors (Lipinski definition) is 2. The maximum atomic E-state index is 12.5. The Morgan fingerprint density at radius 1 is 0.913 bits per heavy atom. The molecular formula is C21H20O2. The van der Waals surface area contributed by atoms with Crippen LogP contribution >= 0.6 is 0 Å². The molecule has 2 aliphatic rings. The van der Waals surface area contributed by atoms with Crippen molar-refractivity contribution in [3.63, 3.8) is 0 Å². The van der Waals surface area contributed by atoms with Crippen LogP contribution in [0.5, 0.6) is 5.75 Å². The van der Waals surface area contributed by atoms with Gasteiger partial charge in [-0.05, 0) is 25.0 Å². The van der Waals surface area contributed by atoms with E-state index in [1.165, 1.54) is 0 Å². The van der Waals surface area contributed by atoms with Crippen LogP contribution in [0.4, 0.5) is 0 Å². The number of carbonyl (C=O) groups is 1. The minimum atomic E-state index is 0.0903. The van der Waals surface area contributed by atoms with Crippen LogP contribution in [0.3, 0.4) is 0 Å². The molecule has 1 heterocycles. The fraction of sp³-hybridized carbons (Fsp3) is 0.286. The molecule has 0 radical (unpaired) electrons. The van der Waals surface area contributed by atoms with Gasteiger partial charge in [0.2, 0.25) is 0 Å². The van der Waals surface area contributed by atoms with E-state index in [0.717, 1.165) is 48.3 Å². The van der Waals surface area contributed by atoms with Crippen LogP contribution in [0.15, 0.2) is 60.7 Å². The van der Waals surface area contributed by atoms with E-state index in [-0.39, 0.29) is 11.8 Å². The number of Topliss-reactive ketones (excluding diaryl/α,β-unsaturated/α-hetero) is 1. The average Bonchev–Trinajstić information content (AvgIpc) is 2.62. The van der Waals surface area contributed by atoms with Crippen LogP contribution < -0.4 is 4.74 Å². The van der Waals surface area contributed by atoms with E-state index in [9.17, 15) is 4.79 Å². The van der Waals surface area contributed by atoms with E-state index in [1.54, 1.807) is 0 Å². The highest BCUT2D eigenvalue weighted by atomic mass is 16.5. The van der Waals surface area contributed by atoms with Gasteiger partial charge in [-0.1, -0.05) is 55.0 Å². The predicted molar refractivity (Wildman–Crippen MR) is 91.2 cm³/mol. The van der Waals surface area contributed by atoms with Gasteiger partial charge in [-0.25, -0.2) is 0 Å². The molecule has 2 aromatic rings. The predicted octanol–water partition coefficient (Wildman–Crippen LogP) is 4.96. The fourth-order valence-electron chi connectivity index (χ4n) is 3.73. The lowest BCUT2D eigenvalue weighted by molar-refractivity contribution is -0.124.